The lowest BCUT2D eigenvalue weighted by Crippen LogP contribution is -2.35. The molecular weight excluding hydrogens is 358 g/mol. The van der Waals surface area contributed by atoms with Crippen LogP contribution >= 0.6 is 0 Å². The first-order chi connectivity index (χ1) is 13.5. The average Bonchev–Trinajstić information content (AvgIpc) is 2.72. The first-order valence-electron chi connectivity index (χ1n) is 9.16. The van der Waals surface area contributed by atoms with Crippen molar-refractivity contribution in [2.75, 3.05) is 13.7 Å². The van der Waals surface area contributed by atoms with Gasteiger partial charge in [0.1, 0.15) is 5.75 Å². The van der Waals surface area contributed by atoms with E-state index >= 15 is 0 Å². The van der Waals surface area contributed by atoms with Gasteiger partial charge in [0, 0.05) is 0 Å². The van der Waals surface area contributed by atoms with Gasteiger partial charge in [0.15, 0.2) is 6.61 Å². The van der Waals surface area contributed by atoms with Crippen molar-refractivity contribution in [3.8, 4) is 5.75 Å². The molecular formula is C22H25NO5. The van der Waals surface area contributed by atoms with E-state index in [-0.39, 0.29) is 11.5 Å². The van der Waals surface area contributed by atoms with Crippen LogP contribution in [0, 0.1) is 5.92 Å². The fraction of sp³-hybridized carbons (Fsp3) is 0.318. The number of hydrogen-bond donors (Lipinski definition) is 1. The van der Waals surface area contributed by atoms with Crippen molar-refractivity contribution in [1.29, 1.82) is 0 Å². The number of ether oxygens (including phenoxy) is 2. The number of methoxy groups -OCH3 is 1. The van der Waals surface area contributed by atoms with Crippen LogP contribution in [0.1, 0.15) is 42.1 Å². The number of amides is 2. The Kier molecular flexibility index (Phi) is 7.75. The number of carbonyl (C=O) groups is 3. The number of carbonyl (C=O) groups excluding carboxylic acids is 3. The molecule has 6 heteroatoms. The second-order valence-corrected chi connectivity index (χ2v) is 6.46. The molecule has 0 aliphatic heterocycles. The third-order valence-corrected chi connectivity index (χ3v) is 4.58. The number of esters is 1. The molecule has 2 aromatic carbocycles. The summed E-state index contributed by atoms with van der Waals surface area (Å²) in [4.78, 5) is 36.9. The van der Waals surface area contributed by atoms with E-state index in [2.05, 4.69) is 5.32 Å². The molecule has 148 valence electrons. The normalized spacial score (nSPS) is 12.5. The van der Waals surface area contributed by atoms with E-state index in [1.54, 1.807) is 24.3 Å². The van der Waals surface area contributed by atoms with E-state index < -0.39 is 30.3 Å². The second kappa shape index (κ2) is 10.3. The molecule has 0 saturated carbocycles. The Labute approximate surface area is 164 Å². The highest BCUT2D eigenvalue weighted by Gasteiger charge is 2.28. The maximum absolute atomic E-state index is 12.6. The number of hydrogen-bond acceptors (Lipinski definition) is 5. The van der Waals surface area contributed by atoms with Crippen molar-refractivity contribution in [3.63, 3.8) is 0 Å². The summed E-state index contributed by atoms with van der Waals surface area (Å²) >= 11 is 0. The van der Waals surface area contributed by atoms with Gasteiger partial charge in [-0.15, -0.1) is 0 Å². The van der Waals surface area contributed by atoms with Crippen LogP contribution < -0.4 is 10.1 Å². The SMILES string of the molecule is CC[C@@H](C)[C@H](C(=O)OCC(=O)NC(=O)c1ccccc1OC)c1ccccc1. The van der Waals surface area contributed by atoms with Crippen molar-refractivity contribution < 1.29 is 23.9 Å². The molecule has 0 unspecified atom stereocenters. The zero-order chi connectivity index (χ0) is 20.5. The van der Waals surface area contributed by atoms with E-state index in [9.17, 15) is 14.4 Å². The van der Waals surface area contributed by atoms with Crippen molar-refractivity contribution in [2.24, 2.45) is 5.92 Å². The highest BCUT2D eigenvalue weighted by Crippen LogP contribution is 2.28. The molecule has 1 N–H and O–H groups in total. The standard InChI is InChI=1S/C22H25NO5/c1-4-15(2)20(16-10-6-5-7-11-16)22(26)28-14-19(24)23-21(25)17-12-8-9-13-18(17)27-3/h5-13,15,20H,4,14H2,1-3H3,(H,23,24,25)/t15-,20+/m1/s1. The van der Waals surface area contributed by atoms with Gasteiger partial charge in [0.2, 0.25) is 0 Å². The van der Waals surface area contributed by atoms with Crippen LogP contribution in [0.15, 0.2) is 54.6 Å². The zero-order valence-electron chi connectivity index (χ0n) is 16.3. The van der Waals surface area contributed by atoms with Crippen LogP contribution in [0.25, 0.3) is 0 Å². The predicted octanol–water partition coefficient (Wildman–Crippen LogP) is 3.32. The van der Waals surface area contributed by atoms with Gasteiger partial charge in [0.05, 0.1) is 18.6 Å². The summed E-state index contributed by atoms with van der Waals surface area (Å²) in [5.41, 5.74) is 1.07. The topological polar surface area (TPSA) is 81.7 Å². The quantitative estimate of drug-likeness (QED) is 0.707. The smallest absolute Gasteiger partial charge is 0.314 e. The first-order valence-corrected chi connectivity index (χ1v) is 9.16. The highest BCUT2D eigenvalue weighted by molar-refractivity contribution is 6.06. The molecule has 2 atom stereocenters. The molecule has 0 fully saturated rings. The van der Waals surface area contributed by atoms with Crippen molar-refractivity contribution in [2.45, 2.75) is 26.2 Å². The van der Waals surface area contributed by atoms with Crippen molar-refractivity contribution in [3.05, 3.63) is 65.7 Å². The van der Waals surface area contributed by atoms with Crippen LogP contribution in [-0.4, -0.2) is 31.5 Å². The van der Waals surface area contributed by atoms with Gasteiger partial charge in [-0.05, 0) is 23.6 Å². The van der Waals surface area contributed by atoms with Gasteiger partial charge in [-0.1, -0.05) is 62.7 Å². The van der Waals surface area contributed by atoms with Gasteiger partial charge in [0.25, 0.3) is 11.8 Å². The Morgan fingerprint density at radius 2 is 1.64 bits per heavy atom. The molecule has 0 heterocycles. The number of benzene rings is 2. The molecule has 0 spiro atoms. The van der Waals surface area contributed by atoms with E-state index in [1.807, 2.05) is 44.2 Å². The molecule has 28 heavy (non-hydrogen) atoms. The Bertz CT molecular complexity index is 819. The summed E-state index contributed by atoms with van der Waals surface area (Å²) in [6, 6.07) is 15.9. The Hall–Kier alpha value is -3.15. The zero-order valence-corrected chi connectivity index (χ0v) is 16.3. The first kappa shape index (κ1) is 21.2. The van der Waals surface area contributed by atoms with Gasteiger partial charge < -0.3 is 9.47 Å². The predicted molar refractivity (Wildman–Crippen MR) is 105 cm³/mol. The van der Waals surface area contributed by atoms with E-state index in [1.165, 1.54) is 7.11 Å². The summed E-state index contributed by atoms with van der Waals surface area (Å²) in [7, 11) is 1.44. The highest BCUT2D eigenvalue weighted by atomic mass is 16.5. The van der Waals surface area contributed by atoms with Gasteiger partial charge in [-0.25, -0.2) is 0 Å². The molecule has 0 aliphatic carbocycles. The largest absolute Gasteiger partial charge is 0.496 e. The monoisotopic (exact) mass is 383 g/mol. The Morgan fingerprint density at radius 1 is 1.00 bits per heavy atom. The van der Waals surface area contributed by atoms with Crippen LogP contribution in [0.4, 0.5) is 0 Å². The molecule has 0 bridgehead atoms. The molecule has 0 saturated heterocycles. The lowest BCUT2D eigenvalue weighted by atomic mass is 9.86. The minimum absolute atomic E-state index is 0.0492. The minimum atomic E-state index is -0.694. The number of nitrogens with one attached hydrogen (secondary N) is 1. The minimum Gasteiger partial charge on any atom is -0.496 e. The van der Waals surface area contributed by atoms with Crippen LogP contribution in [-0.2, 0) is 14.3 Å². The molecule has 0 aliphatic rings. The Morgan fingerprint density at radius 3 is 2.29 bits per heavy atom. The number of para-hydroxylation sites is 1. The lowest BCUT2D eigenvalue weighted by Gasteiger charge is -2.21. The maximum atomic E-state index is 12.6. The van der Waals surface area contributed by atoms with Crippen molar-refractivity contribution in [1.82, 2.24) is 5.32 Å². The van der Waals surface area contributed by atoms with E-state index in [4.69, 9.17) is 9.47 Å². The summed E-state index contributed by atoms with van der Waals surface area (Å²) in [5, 5.41) is 2.21. The second-order valence-electron chi connectivity index (χ2n) is 6.46. The van der Waals surface area contributed by atoms with Gasteiger partial charge in [-0.2, -0.15) is 0 Å². The molecule has 2 aromatic rings. The average molecular weight is 383 g/mol. The van der Waals surface area contributed by atoms with Crippen LogP contribution in [0.5, 0.6) is 5.75 Å². The van der Waals surface area contributed by atoms with Gasteiger partial charge >= 0.3 is 5.97 Å². The summed E-state index contributed by atoms with van der Waals surface area (Å²) < 4.78 is 10.3. The van der Waals surface area contributed by atoms with Gasteiger partial charge in [-0.3, -0.25) is 19.7 Å². The number of imide groups is 1. The number of rotatable bonds is 8. The van der Waals surface area contributed by atoms with Crippen LogP contribution in [0.2, 0.25) is 0 Å². The molecule has 6 nitrogen and oxygen atoms in total. The molecule has 2 amide bonds. The summed E-state index contributed by atoms with van der Waals surface area (Å²) in [6.07, 6.45) is 0.785. The third kappa shape index (κ3) is 5.42. The fourth-order valence-corrected chi connectivity index (χ4v) is 2.88. The Balaban J connectivity index is 1.98. The van der Waals surface area contributed by atoms with Crippen molar-refractivity contribution >= 4 is 17.8 Å². The molecule has 0 aromatic heterocycles. The summed E-state index contributed by atoms with van der Waals surface area (Å²) in [6.45, 7) is 3.43. The fourth-order valence-electron chi connectivity index (χ4n) is 2.88. The molecule has 2 rings (SSSR count). The molecule has 0 radical (unpaired) electrons. The van der Waals surface area contributed by atoms with E-state index in [0.717, 1.165) is 12.0 Å². The lowest BCUT2D eigenvalue weighted by molar-refractivity contribution is -0.151. The maximum Gasteiger partial charge on any atom is 0.314 e. The van der Waals surface area contributed by atoms with E-state index in [0.29, 0.717) is 5.75 Å². The van der Waals surface area contributed by atoms with Crippen LogP contribution in [0.3, 0.4) is 0 Å². The third-order valence-electron chi connectivity index (χ3n) is 4.58. The summed E-state index contributed by atoms with van der Waals surface area (Å²) in [5.74, 6) is -1.86.